The number of rotatable bonds is 5. The molecule has 0 atom stereocenters. The number of aryl methyl sites for hydroxylation is 1. The van der Waals surface area contributed by atoms with Gasteiger partial charge < -0.3 is 4.90 Å². The summed E-state index contributed by atoms with van der Waals surface area (Å²) in [6, 6.07) is 0. The molecule has 4 nitrogen and oxygen atoms in total. The molecule has 90 valence electrons. The third kappa shape index (κ3) is 2.84. The predicted octanol–water partition coefficient (Wildman–Crippen LogP) is 1.98. The van der Waals surface area contributed by atoms with Gasteiger partial charge in [0.05, 0.1) is 11.8 Å². The Balaban J connectivity index is 2.79. The molecule has 0 saturated heterocycles. The molecule has 5 heteroatoms. The lowest BCUT2D eigenvalue weighted by Crippen LogP contribution is -2.32. The predicted molar refractivity (Wildman–Crippen MR) is 67.9 cm³/mol. The van der Waals surface area contributed by atoms with Crippen LogP contribution in [0.1, 0.15) is 29.4 Å². The van der Waals surface area contributed by atoms with Crippen molar-refractivity contribution in [2.45, 2.75) is 20.3 Å². The van der Waals surface area contributed by atoms with E-state index in [0.29, 0.717) is 5.56 Å². The Morgan fingerprint density at radius 3 is 2.75 bits per heavy atom. The largest absolute Gasteiger partial charge is 0.339 e. The van der Waals surface area contributed by atoms with Crippen LogP contribution >= 0.6 is 15.9 Å². The number of amides is 1. The van der Waals surface area contributed by atoms with Gasteiger partial charge in [0.2, 0.25) is 0 Å². The zero-order valence-electron chi connectivity index (χ0n) is 10.0. The van der Waals surface area contributed by atoms with Crippen molar-refractivity contribution in [1.29, 1.82) is 0 Å². The van der Waals surface area contributed by atoms with Gasteiger partial charge in [0.1, 0.15) is 0 Å². The maximum atomic E-state index is 12.2. The summed E-state index contributed by atoms with van der Waals surface area (Å²) in [6.07, 6.45) is 2.62. The van der Waals surface area contributed by atoms with Gasteiger partial charge in [-0.1, -0.05) is 15.9 Å². The van der Waals surface area contributed by atoms with E-state index < -0.39 is 0 Å². The molecule has 0 aliphatic rings. The van der Waals surface area contributed by atoms with Crippen LogP contribution in [-0.4, -0.2) is 39.0 Å². The molecule has 1 amide bonds. The fourth-order valence-electron chi connectivity index (χ4n) is 1.53. The first-order chi connectivity index (χ1) is 7.61. The van der Waals surface area contributed by atoms with E-state index in [4.69, 9.17) is 0 Å². The lowest BCUT2D eigenvalue weighted by molar-refractivity contribution is 0.0764. The number of nitrogens with zero attached hydrogens (tertiary/aromatic N) is 3. The molecule has 0 spiro atoms. The van der Waals surface area contributed by atoms with Crippen molar-refractivity contribution >= 4 is 21.8 Å². The van der Waals surface area contributed by atoms with Crippen molar-refractivity contribution in [1.82, 2.24) is 14.7 Å². The van der Waals surface area contributed by atoms with Crippen molar-refractivity contribution in [3.8, 4) is 0 Å². The molecule has 0 aliphatic heterocycles. The van der Waals surface area contributed by atoms with Gasteiger partial charge in [-0.3, -0.25) is 9.48 Å². The van der Waals surface area contributed by atoms with Crippen molar-refractivity contribution in [3.05, 3.63) is 17.5 Å². The molecular formula is C11H18BrN3O. The van der Waals surface area contributed by atoms with E-state index in [0.717, 1.165) is 30.5 Å². The van der Waals surface area contributed by atoms with Crippen LogP contribution in [0.2, 0.25) is 0 Å². The van der Waals surface area contributed by atoms with E-state index in [1.54, 1.807) is 10.9 Å². The lowest BCUT2D eigenvalue weighted by Gasteiger charge is -2.20. The summed E-state index contributed by atoms with van der Waals surface area (Å²) in [5, 5.41) is 5.01. The lowest BCUT2D eigenvalue weighted by atomic mass is 10.2. The summed E-state index contributed by atoms with van der Waals surface area (Å²) in [5.41, 5.74) is 1.63. The van der Waals surface area contributed by atoms with E-state index in [-0.39, 0.29) is 5.91 Å². The van der Waals surface area contributed by atoms with Crippen LogP contribution in [0.15, 0.2) is 6.20 Å². The number of aromatic nitrogens is 2. The average Bonchev–Trinajstić information content (AvgIpc) is 2.60. The van der Waals surface area contributed by atoms with Crippen LogP contribution in [0.3, 0.4) is 0 Å². The van der Waals surface area contributed by atoms with Crippen molar-refractivity contribution < 1.29 is 4.79 Å². The highest BCUT2D eigenvalue weighted by atomic mass is 79.9. The summed E-state index contributed by atoms with van der Waals surface area (Å²) in [4.78, 5) is 14.0. The molecule has 0 radical (unpaired) electrons. The second kappa shape index (κ2) is 6.03. The minimum absolute atomic E-state index is 0.0778. The molecule has 0 unspecified atom stereocenters. The first kappa shape index (κ1) is 13.2. The van der Waals surface area contributed by atoms with Gasteiger partial charge in [0.15, 0.2) is 0 Å². The number of carbonyl (C=O) groups is 1. The minimum atomic E-state index is 0.0778. The highest BCUT2D eigenvalue weighted by molar-refractivity contribution is 9.09. The van der Waals surface area contributed by atoms with Gasteiger partial charge >= 0.3 is 0 Å². The second-order valence-corrected chi connectivity index (χ2v) is 4.49. The second-order valence-electron chi connectivity index (χ2n) is 3.69. The van der Waals surface area contributed by atoms with Crippen LogP contribution < -0.4 is 0 Å². The third-order valence-corrected chi connectivity index (χ3v) is 3.26. The smallest absolute Gasteiger partial charge is 0.257 e. The van der Waals surface area contributed by atoms with Crippen molar-refractivity contribution in [2.24, 2.45) is 7.05 Å². The molecular weight excluding hydrogens is 270 g/mol. The first-order valence-electron chi connectivity index (χ1n) is 5.45. The minimum Gasteiger partial charge on any atom is -0.339 e. The Bertz CT molecular complexity index is 362. The van der Waals surface area contributed by atoms with Gasteiger partial charge in [0, 0.05) is 31.2 Å². The normalized spacial score (nSPS) is 10.5. The SMILES string of the molecule is CCN(CCCBr)C(=O)c1cnn(C)c1C. The van der Waals surface area contributed by atoms with E-state index in [2.05, 4.69) is 21.0 Å². The standard InChI is InChI=1S/C11H18BrN3O/c1-4-15(7-5-6-12)11(16)10-8-13-14(3)9(10)2/h8H,4-7H2,1-3H3. The molecule has 1 rings (SSSR count). The first-order valence-corrected chi connectivity index (χ1v) is 6.57. The number of carbonyl (C=O) groups excluding carboxylic acids is 1. The van der Waals surface area contributed by atoms with E-state index in [9.17, 15) is 4.79 Å². The van der Waals surface area contributed by atoms with E-state index in [1.165, 1.54) is 0 Å². The maximum Gasteiger partial charge on any atom is 0.257 e. The van der Waals surface area contributed by atoms with Gasteiger partial charge in [-0.25, -0.2) is 0 Å². The quantitative estimate of drug-likeness (QED) is 0.777. The summed E-state index contributed by atoms with van der Waals surface area (Å²) in [6.45, 7) is 5.44. The molecule has 0 N–H and O–H groups in total. The molecule has 0 bridgehead atoms. The summed E-state index contributed by atoms with van der Waals surface area (Å²) in [5.74, 6) is 0.0778. The van der Waals surface area contributed by atoms with Crippen LogP contribution in [0.5, 0.6) is 0 Å². The average molecular weight is 288 g/mol. The molecule has 0 aliphatic carbocycles. The Labute approximate surface area is 105 Å². The topological polar surface area (TPSA) is 38.1 Å². The fraction of sp³-hybridized carbons (Fsp3) is 0.636. The molecule has 1 aromatic rings. The maximum absolute atomic E-state index is 12.2. The van der Waals surface area contributed by atoms with E-state index in [1.807, 2.05) is 25.8 Å². The monoisotopic (exact) mass is 287 g/mol. The van der Waals surface area contributed by atoms with Gasteiger partial charge in [-0.15, -0.1) is 0 Å². The van der Waals surface area contributed by atoms with Crippen LogP contribution in [0, 0.1) is 6.92 Å². The Kier molecular flexibility index (Phi) is 4.99. The van der Waals surface area contributed by atoms with Crippen molar-refractivity contribution in [2.75, 3.05) is 18.4 Å². The molecule has 0 aromatic carbocycles. The molecule has 16 heavy (non-hydrogen) atoms. The Hall–Kier alpha value is -0.840. The number of alkyl halides is 1. The van der Waals surface area contributed by atoms with Crippen LogP contribution in [-0.2, 0) is 7.05 Å². The Morgan fingerprint density at radius 1 is 1.62 bits per heavy atom. The fourth-order valence-corrected chi connectivity index (χ4v) is 1.78. The summed E-state index contributed by atoms with van der Waals surface area (Å²) < 4.78 is 1.73. The summed E-state index contributed by atoms with van der Waals surface area (Å²) >= 11 is 3.38. The Morgan fingerprint density at radius 2 is 2.31 bits per heavy atom. The van der Waals surface area contributed by atoms with Gasteiger partial charge in [0.25, 0.3) is 5.91 Å². The van der Waals surface area contributed by atoms with Crippen LogP contribution in [0.4, 0.5) is 0 Å². The highest BCUT2D eigenvalue weighted by Crippen LogP contribution is 2.10. The van der Waals surface area contributed by atoms with Crippen LogP contribution in [0.25, 0.3) is 0 Å². The molecule has 0 saturated carbocycles. The summed E-state index contributed by atoms with van der Waals surface area (Å²) in [7, 11) is 1.85. The highest BCUT2D eigenvalue weighted by Gasteiger charge is 2.18. The third-order valence-electron chi connectivity index (χ3n) is 2.70. The zero-order chi connectivity index (χ0) is 12.1. The molecule has 1 aromatic heterocycles. The zero-order valence-corrected chi connectivity index (χ0v) is 11.6. The van der Waals surface area contributed by atoms with Crippen molar-refractivity contribution in [3.63, 3.8) is 0 Å². The number of hydrogen-bond donors (Lipinski definition) is 0. The van der Waals surface area contributed by atoms with Gasteiger partial charge in [-0.2, -0.15) is 5.10 Å². The van der Waals surface area contributed by atoms with E-state index >= 15 is 0 Å². The molecule has 0 fully saturated rings. The molecule has 1 heterocycles. The number of hydrogen-bond acceptors (Lipinski definition) is 2. The number of halogens is 1. The van der Waals surface area contributed by atoms with Gasteiger partial charge in [-0.05, 0) is 20.3 Å².